The number of methoxy groups -OCH3 is 1. The van der Waals surface area contributed by atoms with Gasteiger partial charge in [-0.2, -0.15) is 0 Å². The second-order valence-electron chi connectivity index (χ2n) is 7.68. The number of para-hydroxylation sites is 1. The molecule has 0 aliphatic heterocycles. The standard InChI is InChI=1S/C27H30N2O4/c1-5-19-8-7-9-20(6-2)26(19)29-25(30)17-33-22-13-11-21(12-14-22)27(31)28-23-16-18(3)10-15-24(23)32-4/h7-16H,5-6,17H2,1-4H3,(H,28,31)(H,29,30). The van der Waals surface area contributed by atoms with Crippen molar-refractivity contribution in [2.75, 3.05) is 24.4 Å². The molecule has 0 aromatic heterocycles. The smallest absolute Gasteiger partial charge is 0.262 e. The molecule has 0 bridgehead atoms. The summed E-state index contributed by atoms with van der Waals surface area (Å²) in [5, 5.41) is 5.85. The molecule has 0 unspecified atom stereocenters. The van der Waals surface area contributed by atoms with Gasteiger partial charge in [-0.1, -0.05) is 38.1 Å². The van der Waals surface area contributed by atoms with Crippen LogP contribution in [-0.4, -0.2) is 25.5 Å². The van der Waals surface area contributed by atoms with Gasteiger partial charge >= 0.3 is 0 Å². The molecule has 6 nitrogen and oxygen atoms in total. The number of carbonyl (C=O) groups excluding carboxylic acids is 2. The zero-order chi connectivity index (χ0) is 23.8. The van der Waals surface area contributed by atoms with E-state index in [-0.39, 0.29) is 18.4 Å². The lowest BCUT2D eigenvalue weighted by Crippen LogP contribution is -2.21. The SMILES string of the molecule is CCc1cccc(CC)c1NC(=O)COc1ccc(C(=O)Nc2cc(C)ccc2OC)cc1. The first kappa shape index (κ1) is 23.9. The van der Waals surface area contributed by atoms with Crippen LogP contribution in [-0.2, 0) is 17.6 Å². The van der Waals surface area contributed by atoms with E-state index in [1.54, 1.807) is 31.4 Å². The normalized spacial score (nSPS) is 10.4. The fourth-order valence-electron chi connectivity index (χ4n) is 3.54. The van der Waals surface area contributed by atoms with Crippen molar-refractivity contribution < 1.29 is 19.1 Å². The van der Waals surface area contributed by atoms with E-state index in [1.165, 1.54) is 0 Å². The first-order valence-electron chi connectivity index (χ1n) is 11.0. The lowest BCUT2D eigenvalue weighted by atomic mass is 10.0. The van der Waals surface area contributed by atoms with Crippen molar-refractivity contribution in [1.29, 1.82) is 0 Å². The molecule has 0 spiro atoms. The number of amides is 2. The van der Waals surface area contributed by atoms with Crippen molar-refractivity contribution >= 4 is 23.2 Å². The molecular formula is C27H30N2O4. The zero-order valence-corrected chi connectivity index (χ0v) is 19.5. The first-order valence-corrected chi connectivity index (χ1v) is 11.0. The average molecular weight is 447 g/mol. The number of rotatable bonds is 9. The van der Waals surface area contributed by atoms with E-state index < -0.39 is 0 Å². The number of anilines is 2. The summed E-state index contributed by atoms with van der Waals surface area (Å²) in [4.78, 5) is 25.1. The van der Waals surface area contributed by atoms with Gasteiger partial charge in [0.1, 0.15) is 11.5 Å². The molecule has 3 aromatic rings. The largest absolute Gasteiger partial charge is 0.495 e. The Morgan fingerprint density at radius 3 is 2.15 bits per heavy atom. The predicted molar refractivity (Wildman–Crippen MR) is 131 cm³/mol. The topological polar surface area (TPSA) is 76.7 Å². The minimum Gasteiger partial charge on any atom is -0.495 e. The van der Waals surface area contributed by atoms with Crippen LogP contribution in [0.5, 0.6) is 11.5 Å². The summed E-state index contributed by atoms with van der Waals surface area (Å²) in [5.41, 5.74) is 5.17. The Morgan fingerprint density at radius 2 is 1.55 bits per heavy atom. The summed E-state index contributed by atoms with van der Waals surface area (Å²) in [7, 11) is 1.56. The van der Waals surface area contributed by atoms with E-state index in [0.717, 1.165) is 35.2 Å². The van der Waals surface area contributed by atoms with E-state index in [0.29, 0.717) is 22.7 Å². The first-order chi connectivity index (χ1) is 15.9. The fraction of sp³-hybridized carbons (Fsp3) is 0.259. The maximum atomic E-state index is 12.6. The van der Waals surface area contributed by atoms with Crippen LogP contribution >= 0.6 is 0 Å². The Balaban J connectivity index is 1.60. The minimum absolute atomic E-state index is 0.118. The van der Waals surface area contributed by atoms with Gasteiger partial charge < -0.3 is 20.1 Å². The summed E-state index contributed by atoms with van der Waals surface area (Å²) in [6.45, 7) is 5.95. The maximum absolute atomic E-state index is 12.6. The summed E-state index contributed by atoms with van der Waals surface area (Å²) < 4.78 is 10.9. The highest BCUT2D eigenvalue weighted by Gasteiger charge is 2.12. The van der Waals surface area contributed by atoms with Gasteiger partial charge in [0.2, 0.25) is 0 Å². The Morgan fingerprint density at radius 1 is 0.879 bits per heavy atom. The van der Waals surface area contributed by atoms with E-state index in [4.69, 9.17) is 9.47 Å². The molecule has 2 N–H and O–H groups in total. The Labute approximate surface area is 194 Å². The maximum Gasteiger partial charge on any atom is 0.262 e. The van der Waals surface area contributed by atoms with Gasteiger partial charge in [-0.25, -0.2) is 0 Å². The highest BCUT2D eigenvalue weighted by Crippen LogP contribution is 2.26. The number of ether oxygens (including phenoxy) is 2. The second kappa shape index (κ2) is 11.2. The lowest BCUT2D eigenvalue weighted by molar-refractivity contribution is -0.118. The van der Waals surface area contributed by atoms with Crippen LogP contribution in [0.1, 0.15) is 40.9 Å². The molecule has 0 saturated carbocycles. The van der Waals surface area contributed by atoms with Gasteiger partial charge in [0.25, 0.3) is 11.8 Å². The van der Waals surface area contributed by atoms with Crippen LogP contribution in [0.15, 0.2) is 60.7 Å². The van der Waals surface area contributed by atoms with Crippen LogP contribution in [0, 0.1) is 6.92 Å². The average Bonchev–Trinajstić information content (AvgIpc) is 2.83. The Kier molecular flexibility index (Phi) is 8.08. The third kappa shape index (κ3) is 6.13. The molecule has 2 amide bonds. The zero-order valence-electron chi connectivity index (χ0n) is 19.5. The summed E-state index contributed by atoms with van der Waals surface area (Å²) in [5.74, 6) is 0.621. The molecule has 33 heavy (non-hydrogen) atoms. The van der Waals surface area contributed by atoms with Gasteiger partial charge in [0.05, 0.1) is 12.8 Å². The lowest BCUT2D eigenvalue weighted by Gasteiger charge is -2.15. The van der Waals surface area contributed by atoms with Gasteiger partial charge in [0, 0.05) is 11.3 Å². The number of benzene rings is 3. The van der Waals surface area contributed by atoms with Crippen LogP contribution < -0.4 is 20.1 Å². The van der Waals surface area contributed by atoms with Gasteiger partial charge in [-0.3, -0.25) is 9.59 Å². The van der Waals surface area contributed by atoms with Crippen molar-refractivity contribution in [3.05, 3.63) is 82.9 Å². The highest BCUT2D eigenvalue weighted by atomic mass is 16.5. The van der Waals surface area contributed by atoms with Gasteiger partial charge in [-0.15, -0.1) is 0 Å². The number of nitrogens with one attached hydrogen (secondary N) is 2. The number of aryl methyl sites for hydroxylation is 3. The van der Waals surface area contributed by atoms with Crippen LogP contribution in [0.3, 0.4) is 0 Å². The van der Waals surface area contributed by atoms with Crippen molar-refractivity contribution in [3.8, 4) is 11.5 Å². The molecule has 0 saturated heterocycles. The van der Waals surface area contributed by atoms with E-state index in [9.17, 15) is 9.59 Å². The third-order valence-corrected chi connectivity index (χ3v) is 5.35. The molecule has 0 aliphatic carbocycles. The fourth-order valence-corrected chi connectivity index (χ4v) is 3.54. The minimum atomic E-state index is -0.258. The quantitative estimate of drug-likeness (QED) is 0.462. The van der Waals surface area contributed by atoms with E-state index in [2.05, 4.69) is 24.5 Å². The predicted octanol–water partition coefficient (Wildman–Crippen LogP) is 5.40. The molecular weight excluding hydrogens is 416 g/mol. The van der Waals surface area contributed by atoms with Gasteiger partial charge in [0.15, 0.2) is 6.61 Å². The second-order valence-corrected chi connectivity index (χ2v) is 7.68. The van der Waals surface area contributed by atoms with Crippen LogP contribution in [0.2, 0.25) is 0 Å². The molecule has 0 heterocycles. The van der Waals surface area contributed by atoms with Crippen molar-refractivity contribution in [2.45, 2.75) is 33.6 Å². The third-order valence-electron chi connectivity index (χ3n) is 5.35. The molecule has 6 heteroatoms. The van der Waals surface area contributed by atoms with Crippen molar-refractivity contribution in [2.24, 2.45) is 0 Å². The van der Waals surface area contributed by atoms with Crippen molar-refractivity contribution in [1.82, 2.24) is 0 Å². The van der Waals surface area contributed by atoms with Crippen LogP contribution in [0.4, 0.5) is 11.4 Å². The molecule has 3 aromatic carbocycles. The van der Waals surface area contributed by atoms with Gasteiger partial charge in [-0.05, 0) is 72.9 Å². The Hall–Kier alpha value is -3.80. The Bertz CT molecular complexity index is 1100. The molecule has 0 radical (unpaired) electrons. The summed E-state index contributed by atoms with van der Waals surface area (Å²) in [6, 6.07) is 18.3. The van der Waals surface area contributed by atoms with E-state index >= 15 is 0 Å². The number of hydrogen-bond acceptors (Lipinski definition) is 4. The molecule has 0 aliphatic rings. The highest BCUT2D eigenvalue weighted by molar-refractivity contribution is 6.05. The molecule has 172 valence electrons. The summed E-state index contributed by atoms with van der Waals surface area (Å²) >= 11 is 0. The monoisotopic (exact) mass is 446 g/mol. The molecule has 0 fully saturated rings. The number of carbonyl (C=O) groups is 2. The number of hydrogen-bond donors (Lipinski definition) is 2. The van der Waals surface area contributed by atoms with Crippen LogP contribution in [0.25, 0.3) is 0 Å². The summed E-state index contributed by atoms with van der Waals surface area (Å²) in [6.07, 6.45) is 1.67. The van der Waals surface area contributed by atoms with Crippen molar-refractivity contribution in [3.63, 3.8) is 0 Å². The molecule has 0 atom stereocenters. The van der Waals surface area contributed by atoms with E-state index in [1.807, 2.05) is 43.3 Å². The molecule has 3 rings (SSSR count).